The van der Waals surface area contributed by atoms with Crippen molar-refractivity contribution in [2.24, 2.45) is 0 Å². The number of carbonyl (C=O) groups is 3. The maximum Gasteiger partial charge on any atom is 0.411 e. The van der Waals surface area contributed by atoms with Crippen LogP contribution in [0.1, 0.15) is 32.1 Å². The molecule has 3 fully saturated rings. The lowest BCUT2D eigenvalue weighted by molar-refractivity contribution is -0.148. The number of carboxylic acid groups (broad SMARTS) is 1. The molecule has 4 rings (SSSR count). The number of hydrogen-bond acceptors (Lipinski definition) is 7. The minimum atomic E-state index is -1.29. The van der Waals surface area contributed by atoms with Crippen molar-refractivity contribution in [3.05, 3.63) is 24.5 Å². The van der Waals surface area contributed by atoms with E-state index in [1.54, 1.807) is 22.2 Å². The zero-order chi connectivity index (χ0) is 22.0. The highest BCUT2D eigenvalue weighted by atomic mass is 16.6. The molecule has 31 heavy (non-hydrogen) atoms. The Balaban J connectivity index is 1.29. The van der Waals surface area contributed by atoms with Crippen LogP contribution in [-0.4, -0.2) is 93.4 Å². The fourth-order valence-electron chi connectivity index (χ4n) is 4.70. The average Bonchev–Trinajstić information content (AvgIpc) is 3.15. The van der Waals surface area contributed by atoms with E-state index in [0.717, 1.165) is 31.6 Å². The summed E-state index contributed by atoms with van der Waals surface area (Å²) in [5, 5.41) is 19.3. The monoisotopic (exact) mass is 432 g/mol. The number of aromatic nitrogens is 1. The van der Waals surface area contributed by atoms with Crippen molar-refractivity contribution in [3.63, 3.8) is 0 Å². The molecule has 0 radical (unpaired) electrons. The van der Waals surface area contributed by atoms with E-state index in [1.807, 2.05) is 12.1 Å². The van der Waals surface area contributed by atoms with E-state index in [1.165, 1.54) is 0 Å². The molecule has 0 aromatic carbocycles. The van der Waals surface area contributed by atoms with Gasteiger partial charge in [-0.15, -0.1) is 0 Å². The van der Waals surface area contributed by atoms with Crippen LogP contribution in [0.4, 0.5) is 10.5 Å². The van der Waals surface area contributed by atoms with E-state index in [-0.39, 0.29) is 50.8 Å². The largest absolute Gasteiger partial charge is 0.481 e. The van der Waals surface area contributed by atoms with Crippen LogP contribution in [-0.2, 0) is 14.3 Å². The summed E-state index contributed by atoms with van der Waals surface area (Å²) in [5.41, 5.74) is -0.178. The standard InChI is InChI=1S/C21H28N4O6/c26-18(27)13-21(30)5-11-24(12-6-21)19(28)17-14-25(20(29)31-17)16-3-9-23(10-4-16)15-1-7-22-8-2-15/h1-2,7-8,16-17,30H,3-6,9-14H2,(H,26,27). The topological polar surface area (TPSA) is 124 Å². The van der Waals surface area contributed by atoms with Gasteiger partial charge in [0.05, 0.1) is 18.6 Å². The molecule has 4 heterocycles. The van der Waals surface area contributed by atoms with Crippen LogP contribution in [0, 0.1) is 0 Å². The van der Waals surface area contributed by atoms with Gasteiger partial charge in [0, 0.05) is 50.3 Å². The van der Waals surface area contributed by atoms with Crippen LogP contribution >= 0.6 is 0 Å². The van der Waals surface area contributed by atoms with Crippen molar-refractivity contribution in [3.8, 4) is 0 Å². The fraction of sp³-hybridized carbons (Fsp3) is 0.619. The number of nitrogens with zero attached hydrogens (tertiary/aromatic N) is 4. The Labute approximate surface area is 180 Å². The number of rotatable bonds is 5. The van der Waals surface area contributed by atoms with Crippen molar-refractivity contribution in [2.45, 2.75) is 49.9 Å². The summed E-state index contributed by atoms with van der Waals surface area (Å²) in [7, 11) is 0. The molecule has 168 valence electrons. The molecule has 10 heteroatoms. The number of aliphatic carboxylic acids is 1. The van der Waals surface area contributed by atoms with Gasteiger partial charge in [0.1, 0.15) is 0 Å². The maximum atomic E-state index is 12.9. The third-order valence-electron chi connectivity index (χ3n) is 6.53. The molecule has 0 spiro atoms. The Bertz CT molecular complexity index is 818. The Morgan fingerprint density at radius 1 is 1.13 bits per heavy atom. The number of ether oxygens (including phenoxy) is 1. The minimum absolute atomic E-state index is 0.0328. The number of likely N-dealkylation sites (tertiary alicyclic amines) is 1. The lowest BCUT2D eigenvalue weighted by atomic mass is 9.88. The Morgan fingerprint density at radius 3 is 2.39 bits per heavy atom. The minimum Gasteiger partial charge on any atom is -0.481 e. The predicted molar refractivity (Wildman–Crippen MR) is 109 cm³/mol. The fourth-order valence-corrected chi connectivity index (χ4v) is 4.70. The molecule has 1 aromatic heterocycles. The Hall–Kier alpha value is -2.88. The van der Waals surface area contributed by atoms with Crippen LogP contribution in [0.5, 0.6) is 0 Å². The van der Waals surface area contributed by atoms with E-state index in [9.17, 15) is 19.5 Å². The van der Waals surface area contributed by atoms with E-state index in [2.05, 4.69) is 9.88 Å². The molecule has 3 aliphatic heterocycles. The lowest BCUT2D eigenvalue weighted by Gasteiger charge is -2.38. The summed E-state index contributed by atoms with van der Waals surface area (Å²) in [6, 6.07) is 3.97. The normalized spacial score (nSPS) is 24.2. The maximum absolute atomic E-state index is 12.9. The molecule has 3 saturated heterocycles. The van der Waals surface area contributed by atoms with Gasteiger partial charge in [-0.25, -0.2) is 4.79 Å². The van der Waals surface area contributed by atoms with Gasteiger partial charge >= 0.3 is 12.1 Å². The zero-order valence-electron chi connectivity index (χ0n) is 17.4. The summed E-state index contributed by atoms with van der Waals surface area (Å²) < 4.78 is 5.39. The Morgan fingerprint density at radius 2 is 1.77 bits per heavy atom. The van der Waals surface area contributed by atoms with Gasteiger partial charge in [0.15, 0.2) is 6.10 Å². The van der Waals surface area contributed by atoms with Gasteiger partial charge in [-0.1, -0.05) is 0 Å². The molecule has 1 atom stereocenters. The number of aliphatic hydroxyl groups is 1. The molecule has 2 amide bonds. The first-order valence-electron chi connectivity index (χ1n) is 10.7. The van der Waals surface area contributed by atoms with Crippen LogP contribution in [0.3, 0.4) is 0 Å². The molecule has 3 aliphatic rings. The number of carbonyl (C=O) groups excluding carboxylic acids is 2. The van der Waals surface area contributed by atoms with E-state index in [4.69, 9.17) is 9.84 Å². The highest BCUT2D eigenvalue weighted by Crippen LogP contribution is 2.29. The van der Waals surface area contributed by atoms with Crippen LogP contribution in [0.15, 0.2) is 24.5 Å². The predicted octanol–water partition coefficient (Wildman–Crippen LogP) is 0.699. The first kappa shape index (κ1) is 21.4. The van der Waals surface area contributed by atoms with Crippen molar-refractivity contribution in [1.29, 1.82) is 0 Å². The molecular formula is C21H28N4O6. The summed E-state index contributed by atoms with van der Waals surface area (Å²) in [6.45, 7) is 2.35. The summed E-state index contributed by atoms with van der Waals surface area (Å²) >= 11 is 0. The van der Waals surface area contributed by atoms with Gasteiger partial charge in [0.2, 0.25) is 0 Å². The molecular weight excluding hydrogens is 404 g/mol. The number of hydrogen-bond donors (Lipinski definition) is 2. The third kappa shape index (κ3) is 4.73. The first-order chi connectivity index (χ1) is 14.8. The van der Waals surface area contributed by atoms with Crippen LogP contribution in [0.25, 0.3) is 0 Å². The number of piperidine rings is 2. The highest BCUT2D eigenvalue weighted by molar-refractivity contribution is 5.86. The van der Waals surface area contributed by atoms with Crippen molar-refractivity contribution < 1.29 is 29.3 Å². The van der Waals surface area contributed by atoms with Gasteiger partial charge in [-0.3, -0.25) is 14.6 Å². The van der Waals surface area contributed by atoms with Crippen LogP contribution in [0.2, 0.25) is 0 Å². The molecule has 10 nitrogen and oxygen atoms in total. The van der Waals surface area contributed by atoms with Gasteiger partial charge in [-0.05, 0) is 37.8 Å². The molecule has 1 aromatic rings. The number of anilines is 1. The van der Waals surface area contributed by atoms with Crippen molar-refractivity contribution >= 4 is 23.7 Å². The molecule has 2 N–H and O–H groups in total. The molecule has 0 bridgehead atoms. The second-order valence-electron chi connectivity index (χ2n) is 8.57. The smallest absolute Gasteiger partial charge is 0.411 e. The summed E-state index contributed by atoms with van der Waals surface area (Å²) in [6.07, 6.45) is 3.87. The molecule has 0 aliphatic carbocycles. The average molecular weight is 432 g/mol. The number of cyclic esters (lactones) is 1. The number of carboxylic acids is 1. The molecule has 0 saturated carbocycles. The second-order valence-corrected chi connectivity index (χ2v) is 8.57. The van der Waals surface area contributed by atoms with Gasteiger partial charge in [0.25, 0.3) is 5.91 Å². The highest BCUT2D eigenvalue weighted by Gasteiger charge is 2.44. The van der Waals surface area contributed by atoms with Crippen LogP contribution < -0.4 is 4.90 Å². The second kappa shape index (κ2) is 8.70. The quantitative estimate of drug-likeness (QED) is 0.697. The summed E-state index contributed by atoms with van der Waals surface area (Å²) in [4.78, 5) is 45.7. The zero-order valence-corrected chi connectivity index (χ0v) is 17.4. The SMILES string of the molecule is O=C(O)CC1(O)CCN(C(=O)C2CN(C3CCN(c4ccncc4)CC3)C(=O)O2)CC1. The first-order valence-corrected chi connectivity index (χ1v) is 10.7. The summed E-state index contributed by atoms with van der Waals surface area (Å²) in [5.74, 6) is -1.33. The lowest BCUT2D eigenvalue weighted by Crippen LogP contribution is -2.51. The Kier molecular flexibility index (Phi) is 5.99. The van der Waals surface area contributed by atoms with Gasteiger partial charge < -0.3 is 29.6 Å². The number of amides is 2. The third-order valence-corrected chi connectivity index (χ3v) is 6.53. The van der Waals surface area contributed by atoms with Crippen molar-refractivity contribution in [1.82, 2.24) is 14.8 Å². The van der Waals surface area contributed by atoms with E-state index >= 15 is 0 Å². The van der Waals surface area contributed by atoms with Crippen molar-refractivity contribution in [2.75, 3.05) is 37.6 Å². The van der Waals surface area contributed by atoms with E-state index < -0.39 is 23.8 Å². The molecule has 1 unspecified atom stereocenters. The van der Waals surface area contributed by atoms with Gasteiger partial charge in [-0.2, -0.15) is 0 Å². The van der Waals surface area contributed by atoms with E-state index in [0.29, 0.717) is 0 Å². The number of pyridine rings is 1.